The molecule has 2 aliphatic heterocycles. The molecule has 2 heterocycles. The van der Waals surface area contributed by atoms with E-state index in [1.54, 1.807) is 7.11 Å². The van der Waals surface area contributed by atoms with Crippen LogP contribution in [0.4, 0.5) is 0 Å². The summed E-state index contributed by atoms with van der Waals surface area (Å²) in [5.74, 6) is 2.18. The minimum atomic E-state index is -0.413. The summed E-state index contributed by atoms with van der Waals surface area (Å²) in [4.78, 5) is 24.5. The van der Waals surface area contributed by atoms with E-state index in [2.05, 4.69) is 10.6 Å². The fourth-order valence-electron chi connectivity index (χ4n) is 4.19. The zero-order valence-corrected chi connectivity index (χ0v) is 17.7. The molecule has 0 unspecified atom stereocenters. The molecule has 2 aromatic carbocycles. The van der Waals surface area contributed by atoms with E-state index in [1.807, 2.05) is 48.5 Å². The van der Waals surface area contributed by atoms with Crippen molar-refractivity contribution < 1.29 is 23.8 Å². The number of hydrogen-bond acceptors (Lipinski definition) is 5. The van der Waals surface area contributed by atoms with E-state index in [0.29, 0.717) is 51.0 Å². The lowest BCUT2D eigenvalue weighted by Gasteiger charge is -2.30. The molecule has 1 fully saturated rings. The van der Waals surface area contributed by atoms with Crippen LogP contribution in [-0.2, 0) is 16.0 Å². The Bertz CT molecular complexity index is 947. The minimum absolute atomic E-state index is 0.0368. The van der Waals surface area contributed by atoms with Crippen molar-refractivity contribution in [2.24, 2.45) is 0 Å². The number of carbonyl (C=O) groups is 2. The van der Waals surface area contributed by atoms with E-state index in [-0.39, 0.29) is 17.9 Å². The number of carbonyl (C=O) groups excluding carboxylic acids is 2. The molecule has 2 amide bonds. The normalized spacial score (nSPS) is 22.0. The molecule has 0 bridgehead atoms. The van der Waals surface area contributed by atoms with Gasteiger partial charge in [-0.25, -0.2) is 0 Å². The van der Waals surface area contributed by atoms with Crippen LogP contribution < -0.4 is 24.8 Å². The van der Waals surface area contributed by atoms with Gasteiger partial charge in [0.1, 0.15) is 18.5 Å². The molecule has 1 saturated heterocycles. The first-order valence-electron chi connectivity index (χ1n) is 10.6. The fourth-order valence-corrected chi connectivity index (χ4v) is 4.19. The van der Waals surface area contributed by atoms with Gasteiger partial charge in [0, 0.05) is 18.4 Å². The number of para-hydroxylation sites is 2. The summed E-state index contributed by atoms with van der Waals surface area (Å²) in [6.45, 7) is 0.773. The number of fused-ring (bicyclic) bond motifs is 1. The molecule has 0 aliphatic carbocycles. The maximum absolute atomic E-state index is 12.5. The van der Waals surface area contributed by atoms with Gasteiger partial charge in [-0.1, -0.05) is 24.3 Å². The number of methoxy groups -OCH3 is 1. The summed E-state index contributed by atoms with van der Waals surface area (Å²) in [5.41, 5.74) is 0.665. The van der Waals surface area contributed by atoms with E-state index in [0.717, 1.165) is 17.1 Å². The van der Waals surface area contributed by atoms with E-state index in [9.17, 15) is 9.59 Å². The summed E-state index contributed by atoms with van der Waals surface area (Å²) in [7, 11) is 1.64. The number of nitrogens with one attached hydrogen (secondary N) is 2. The second kappa shape index (κ2) is 9.29. The van der Waals surface area contributed by atoms with Gasteiger partial charge in [0.15, 0.2) is 11.5 Å². The molecule has 0 radical (unpaired) electrons. The summed E-state index contributed by atoms with van der Waals surface area (Å²) in [5, 5.41) is 6.06. The van der Waals surface area contributed by atoms with Crippen LogP contribution in [0.3, 0.4) is 0 Å². The number of amides is 2. The van der Waals surface area contributed by atoms with Gasteiger partial charge in [-0.3, -0.25) is 9.59 Å². The third-order valence-electron chi connectivity index (χ3n) is 5.84. The molecule has 0 spiro atoms. The molecule has 0 saturated carbocycles. The van der Waals surface area contributed by atoms with Gasteiger partial charge in [-0.15, -0.1) is 0 Å². The zero-order chi connectivity index (χ0) is 21.7. The standard InChI is InChI=1S/C24H28N2O5/c1-29-18-6-4-5-17(13-18)14-24(12-10-23(28)26-24)11-9-22(27)25-15-19-16-30-20-7-2-3-8-21(20)31-19/h2-8,13,19H,9-12,14-16H2,1H3,(H,25,27)(H,26,28)/t19-,24+/m1/s1. The van der Waals surface area contributed by atoms with Gasteiger partial charge in [-0.2, -0.15) is 0 Å². The summed E-state index contributed by atoms with van der Waals surface area (Å²) in [6.07, 6.45) is 2.54. The molecule has 31 heavy (non-hydrogen) atoms. The topological polar surface area (TPSA) is 85.9 Å². The number of rotatable bonds is 8. The Balaban J connectivity index is 1.30. The van der Waals surface area contributed by atoms with Crippen LogP contribution in [0.2, 0.25) is 0 Å². The first-order chi connectivity index (χ1) is 15.0. The lowest BCUT2D eigenvalue weighted by atomic mass is 9.85. The van der Waals surface area contributed by atoms with Crippen LogP contribution in [0.15, 0.2) is 48.5 Å². The molecule has 2 aromatic rings. The minimum Gasteiger partial charge on any atom is -0.497 e. The Kier molecular flexibility index (Phi) is 6.30. The Morgan fingerprint density at radius 1 is 1.23 bits per heavy atom. The highest BCUT2D eigenvalue weighted by molar-refractivity contribution is 5.80. The van der Waals surface area contributed by atoms with E-state index < -0.39 is 5.54 Å². The van der Waals surface area contributed by atoms with Gasteiger partial charge < -0.3 is 24.8 Å². The predicted molar refractivity (Wildman–Crippen MR) is 115 cm³/mol. The van der Waals surface area contributed by atoms with Gasteiger partial charge >= 0.3 is 0 Å². The van der Waals surface area contributed by atoms with Crippen LogP contribution in [-0.4, -0.2) is 43.7 Å². The molecule has 7 nitrogen and oxygen atoms in total. The largest absolute Gasteiger partial charge is 0.497 e. The lowest BCUT2D eigenvalue weighted by Crippen LogP contribution is -2.45. The zero-order valence-electron chi connectivity index (χ0n) is 17.7. The quantitative estimate of drug-likeness (QED) is 0.680. The Morgan fingerprint density at radius 2 is 2.06 bits per heavy atom. The summed E-state index contributed by atoms with van der Waals surface area (Å²) >= 11 is 0. The Hall–Kier alpha value is -3.22. The molecular weight excluding hydrogens is 396 g/mol. The number of ether oxygens (including phenoxy) is 3. The Morgan fingerprint density at radius 3 is 2.84 bits per heavy atom. The molecule has 2 N–H and O–H groups in total. The maximum Gasteiger partial charge on any atom is 0.220 e. The highest BCUT2D eigenvalue weighted by Crippen LogP contribution is 2.32. The number of benzene rings is 2. The first kappa shape index (κ1) is 21.0. The molecule has 2 aliphatic rings. The van der Waals surface area contributed by atoms with Gasteiger partial charge in [0.05, 0.1) is 13.7 Å². The highest BCUT2D eigenvalue weighted by atomic mass is 16.6. The average molecular weight is 424 g/mol. The molecular formula is C24H28N2O5. The molecule has 7 heteroatoms. The second-order valence-corrected chi connectivity index (χ2v) is 8.16. The summed E-state index contributed by atoms with van der Waals surface area (Å²) in [6, 6.07) is 15.3. The maximum atomic E-state index is 12.5. The lowest BCUT2D eigenvalue weighted by molar-refractivity contribution is -0.123. The summed E-state index contributed by atoms with van der Waals surface area (Å²) < 4.78 is 16.9. The number of hydrogen-bond donors (Lipinski definition) is 2. The smallest absolute Gasteiger partial charge is 0.220 e. The first-order valence-corrected chi connectivity index (χ1v) is 10.6. The van der Waals surface area contributed by atoms with Gasteiger partial charge in [0.25, 0.3) is 0 Å². The second-order valence-electron chi connectivity index (χ2n) is 8.16. The van der Waals surface area contributed by atoms with Crippen molar-refractivity contribution in [3.05, 3.63) is 54.1 Å². The molecule has 0 aromatic heterocycles. The van der Waals surface area contributed by atoms with Crippen molar-refractivity contribution in [3.8, 4) is 17.2 Å². The van der Waals surface area contributed by atoms with Crippen LogP contribution in [0.25, 0.3) is 0 Å². The van der Waals surface area contributed by atoms with Crippen molar-refractivity contribution in [1.29, 1.82) is 0 Å². The average Bonchev–Trinajstić information content (AvgIpc) is 3.16. The third-order valence-corrected chi connectivity index (χ3v) is 5.84. The van der Waals surface area contributed by atoms with Crippen molar-refractivity contribution in [1.82, 2.24) is 10.6 Å². The monoisotopic (exact) mass is 424 g/mol. The highest BCUT2D eigenvalue weighted by Gasteiger charge is 2.38. The van der Waals surface area contributed by atoms with Gasteiger partial charge in [0.2, 0.25) is 11.8 Å². The van der Waals surface area contributed by atoms with E-state index in [1.165, 1.54) is 0 Å². The van der Waals surface area contributed by atoms with Crippen molar-refractivity contribution >= 4 is 11.8 Å². The van der Waals surface area contributed by atoms with Crippen LogP contribution in [0.5, 0.6) is 17.2 Å². The molecule has 4 rings (SSSR count). The third kappa shape index (κ3) is 5.29. The molecule has 164 valence electrons. The van der Waals surface area contributed by atoms with Crippen molar-refractivity contribution in [3.63, 3.8) is 0 Å². The molecule has 2 atom stereocenters. The van der Waals surface area contributed by atoms with E-state index in [4.69, 9.17) is 14.2 Å². The van der Waals surface area contributed by atoms with E-state index >= 15 is 0 Å². The van der Waals surface area contributed by atoms with Crippen LogP contribution in [0.1, 0.15) is 31.2 Å². The van der Waals surface area contributed by atoms with Gasteiger partial charge in [-0.05, 0) is 49.1 Å². The predicted octanol–water partition coefficient (Wildman–Crippen LogP) is 2.62. The van der Waals surface area contributed by atoms with Crippen molar-refractivity contribution in [2.75, 3.05) is 20.3 Å². The van der Waals surface area contributed by atoms with Crippen LogP contribution >= 0.6 is 0 Å². The Labute approximate surface area is 182 Å². The SMILES string of the molecule is COc1cccc(C[C@]2(CCC(=O)NC[C@@H]3COc4ccccc4O3)CCC(=O)N2)c1. The van der Waals surface area contributed by atoms with Crippen LogP contribution in [0, 0.1) is 0 Å². The fraction of sp³-hybridized carbons (Fsp3) is 0.417. The van der Waals surface area contributed by atoms with Crippen molar-refractivity contribution in [2.45, 2.75) is 43.7 Å².